The summed E-state index contributed by atoms with van der Waals surface area (Å²) in [6.45, 7) is 4.67. The minimum Gasteiger partial charge on any atom is -0.264 e. The highest BCUT2D eigenvalue weighted by Crippen LogP contribution is 2.51. The van der Waals surface area contributed by atoms with E-state index in [1.165, 1.54) is 66.4 Å². The molecule has 0 N–H and O–H groups in total. The Labute approximate surface area is 320 Å². The van der Waals surface area contributed by atoms with Gasteiger partial charge in [0.25, 0.3) is 0 Å². The number of benzene rings is 7. The Bertz CT molecular complexity index is 2950. The van der Waals surface area contributed by atoms with Crippen LogP contribution in [0.15, 0.2) is 176 Å². The number of aromatic nitrogens is 3. The second-order valence-corrected chi connectivity index (χ2v) is 15.2. The monoisotopic (exact) mass is 701 g/mol. The van der Waals surface area contributed by atoms with Gasteiger partial charge < -0.3 is 0 Å². The van der Waals surface area contributed by atoms with E-state index in [0.29, 0.717) is 5.82 Å². The van der Waals surface area contributed by atoms with E-state index in [0.717, 1.165) is 39.2 Å². The molecule has 0 saturated heterocycles. The van der Waals surface area contributed by atoms with Gasteiger partial charge in [-0.1, -0.05) is 159 Å². The van der Waals surface area contributed by atoms with E-state index in [2.05, 4.69) is 177 Å². The van der Waals surface area contributed by atoms with Crippen LogP contribution < -0.4 is 0 Å². The Hall–Kier alpha value is -6.97. The van der Waals surface area contributed by atoms with Gasteiger partial charge in [-0.05, 0) is 95.7 Å². The van der Waals surface area contributed by atoms with Gasteiger partial charge in [0.1, 0.15) is 0 Å². The van der Waals surface area contributed by atoms with Crippen LogP contribution in [0.1, 0.15) is 25.0 Å². The van der Waals surface area contributed by atoms with E-state index in [9.17, 15) is 0 Å². The van der Waals surface area contributed by atoms with Crippen molar-refractivity contribution in [1.82, 2.24) is 15.0 Å². The second kappa shape index (κ2) is 12.0. The molecule has 0 bridgehead atoms. The van der Waals surface area contributed by atoms with Crippen molar-refractivity contribution in [3.63, 3.8) is 0 Å². The summed E-state index contributed by atoms with van der Waals surface area (Å²) in [5, 5.41) is 2.49. The summed E-state index contributed by atoms with van der Waals surface area (Å²) >= 11 is 0. The van der Waals surface area contributed by atoms with Crippen molar-refractivity contribution in [2.24, 2.45) is 0 Å². The van der Waals surface area contributed by atoms with Gasteiger partial charge in [0.05, 0.1) is 11.4 Å². The minimum absolute atomic E-state index is 0.0475. The molecule has 0 unspecified atom stereocenters. The zero-order valence-corrected chi connectivity index (χ0v) is 30.6. The molecule has 0 spiro atoms. The Kier molecular flexibility index (Phi) is 6.90. The highest BCUT2D eigenvalue weighted by atomic mass is 14.9. The minimum atomic E-state index is -0.0475. The highest BCUT2D eigenvalue weighted by Gasteiger charge is 2.35. The maximum absolute atomic E-state index is 5.32. The number of hydrogen-bond donors (Lipinski definition) is 0. The average molecular weight is 702 g/mol. The predicted molar refractivity (Wildman–Crippen MR) is 227 cm³/mol. The molecule has 0 saturated carbocycles. The second-order valence-electron chi connectivity index (χ2n) is 15.2. The third kappa shape index (κ3) is 4.93. The first-order valence-corrected chi connectivity index (χ1v) is 18.9. The maximum atomic E-state index is 5.32. The van der Waals surface area contributed by atoms with Crippen molar-refractivity contribution < 1.29 is 0 Å². The number of fused-ring (bicyclic) bond motifs is 6. The quantitative estimate of drug-likeness (QED) is 0.179. The summed E-state index contributed by atoms with van der Waals surface area (Å²) < 4.78 is 0. The summed E-state index contributed by atoms with van der Waals surface area (Å²) in [6, 6.07) is 59.1. The van der Waals surface area contributed by atoms with Crippen molar-refractivity contribution in [2.45, 2.75) is 19.3 Å². The van der Waals surface area contributed by atoms with Gasteiger partial charge >= 0.3 is 0 Å². The van der Waals surface area contributed by atoms with Crippen LogP contribution in [0.3, 0.4) is 0 Å². The van der Waals surface area contributed by atoms with Crippen molar-refractivity contribution in [1.29, 1.82) is 0 Å². The van der Waals surface area contributed by atoms with E-state index in [-0.39, 0.29) is 5.41 Å². The lowest BCUT2D eigenvalue weighted by atomic mass is 9.81. The number of rotatable bonds is 5. The molecular formula is C52H35N3. The molecule has 0 amide bonds. The normalized spacial score (nSPS) is 13.1. The van der Waals surface area contributed by atoms with Crippen molar-refractivity contribution in [2.75, 3.05) is 0 Å². The lowest BCUT2D eigenvalue weighted by Gasteiger charge is -2.22. The molecular weight excluding hydrogens is 667 g/mol. The van der Waals surface area contributed by atoms with Crippen LogP contribution in [0, 0.1) is 0 Å². The molecule has 7 aromatic carbocycles. The van der Waals surface area contributed by atoms with E-state index in [4.69, 9.17) is 9.97 Å². The van der Waals surface area contributed by atoms with Crippen molar-refractivity contribution in [3.8, 4) is 89.5 Å². The smallest absolute Gasteiger partial charge is 0.160 e. The summed E-state index contributed by atoms with van der Waals surface area (Å²) in [4.78, 5) is 14.9. The van der Waals surface area contributed by atoms with Gasteiger partial charge in [-0.2, -0.15) is 0 Å². The molecule has 0 radical (unpaired) electrons. The Morgan fingerprint density at radius 3 is 1.73 bits per heavy atom. The zero-order chi connectivity index (χ0) is 36.7. The zero-order valence-electron chi connectivity index (χ0n) is 30.6. The van der Waals surface area contributed by atoms with E-state index < -0.39 is 0 Å². The molecule has 2 aromatic heterocycles. The topological polar surface area (TPSA) is 38.7 Å². The summed E-state index contributed by atoms with van der Waals surface area (Å²) in [7, 11) is 0. The van der Waals surface area contributed by atoms with Crippen LogP contribution in [0.25, 0.3) is 100 Å². The molecule has 3 heteroatoms. The Morgan fingerprint density at radius 2 is 0.964 bits per heavy atom. The molecule has 2 heterocycles. The van der Waals surface area contributed by atoms with Crippen molar-refractivity contribution in [3.05, 3.63) is 187 Å². The van der Waals surface area contributed by atoms with Gasteiger partial charge in [-0.25, -0.2) is 9.97 Å². The van der Waals surface area contributed by atoms with Crippen LogP contribution in [0.2, 0.25) is 0 Å². The lowest BCUT2D eigenvalue weighted by Crippen LogP contribution is -2.14. The molecule has 11 rings (SSSR count). The van der Waals surface area contributed by atoms with Gasteiger partial charge in [-0.3, -0.25) is 4.98 Å². The Balaban J connectivity index is 1.02. The first-order valence-electron chi connectivity index (χ1n) is 18.9. The molecule has 55 heavy (non-hydrogen) atoms. The summed E-state index contributed by atoms with van der Waals surface area (Å²) in [5.74, 6) is 0.701. The standard InChI is InChI=1S/C52H35N3/c1-52(2)46-15-6-5-12-40(46)41-25-24-36(29-47(41)52)32-18-22-35(23-19-32)51-54-48(34-20-16-33(17-21-34)37-9-8-28-53-31-37)30-49(55-51)42-26-27-45-39-11-4-3-10-38(39)43-13-7-14-44(42)50(43)45/h3-31H,1-2H3. The molecule has 2 aliphatic rings. The number of pyridine rings is 1. The third-order valence-electron chi connectivity index (χ3n) is 11.8. The largest absolute Gasteiger partial charge is 0.264 e. The van der Waals surface area contributed by atoms with E-state index in [1.807, 2.05) is 12.3 Å². The fourth-order valence-corrected chi connectivity index (χ4v) is 8.96. The fraction of sp³-hybridized carbons (Fsp3) is 0.0577. The van der Waals surface area contributed by atoms with Crippen LogP contribution in [0.5, 0.6) is 0 Å². The van der Waals surface area contributed by atoms with Gasteiger partial charge in [-0.15, -0.1) is 0 Å². The van der Waals surface area contributed by atoms with Gasteiger partial charge in [0, 0.05) is 34.5 Å². The fourth-order valence-electron chi connectivity index (χ4n) is 8.96. The van der Waals surface area contributed by atoms with E-state index in [1.54, 1.807) is 6.20 Å². The Morgan fingerprint density at radius 1 is 0.382 bits per heavy atom. The average Bonchev–Trinajstić information content (AvgIpc) is 3.70. The molecule has 3 nitrogen and oxygen atoms in total. The molecule has 0 aliphatic heterocycles. The molecule has 9 aromatic rings. The van der Waals surface area contributed by atoms with Crippen molar-refractivity contribution >= 4 is 10.8 Å². The molecule has 0 atom stereocenters. The lowest BCUT2D eigenvalue weighted by molar-refractivity contribution is 0.660. The third-order valence-corrected chi connectivity index (χ3v) is 11.8. The van der Waals surface area contributed by atoms with E-state index >= 15 is 0 Å². The SMILES string of the molecule is CC1(C)c2ccccc2-c2ccc(-c3ccc(-c4nc(-c5ccc(-c6cccnc6)cc5)cc(-c5ccc6c7c(cccc57)-c5ccccc5-6)n4)cc3)cc21. The van der Waals surface area contributed by atoms with Crippen LogP contribution in [-0.2, 0) is 5.41 Å². The highest BCUT2D eigenvalue weighted by molar-refractivity contribution is 6.18. The first kappa shape index (κ1) is 31.5. The van der Waals surface area contributed by atoms with Crippen LogP contribution in [0.4, 0.5) is 0 Å². The van der Waals surface area contributed by atoms with Gasteiger partial charge in [0.15, 0.2) is 5.82 Å². The molecule has 0 fully saturated rings. The maximum Gasteiger partial charge on any atom is 0.160 e. The summed E-state index contributed by atoms with van der Waals surface area (Å²) in [6.07, 6.45) is 3.70. The van der Waals surface area contributed by atoms with Gasteiger partial charge in [0.2, 0.25) is 0 Å². The van der Waals surface area contributed by atoms with Crippen LogP contribution in [-0.4, -0.2) is 15.0 Å². The molecule has 2 aliphatic carbocycles. The number of hydrogen-bond acceptors (Lipinski definition) is 3. The van der Waals surface area contributed by atoms with Crippen LogP contribution >= 0.6 is 0 Å². The predicted octanol–water partition coefficient (Wildman–Crippen LogP) is 13.3. The summed E-state index contributed by atoms with van der Waals surface area (Å²) in [5.41, 5.74) is 20.0. The molecule has 258 valence electrons. The first-order chi connectivity index (χ1) is 27.0. The number of nitrogens with zero attached hydrogens (tertiary/aromatic N) is 3.